The predicted octanol–water partition coefficient (Wildman–Crippen LogP) is 0.469. The first kappa shape index (κ1) is 9.15. The van der Waals surface area contributed by atoms with Gasteiger partial charge in [-0.15, -0.1) is 0 Å². The van der Waals surface area contributed by atoms with E-state index in [0.29, 0.717) is 6.54 Å². The molecule has 0 unspecified atom stereocenters. The zero-order valence-electron chi connectivity index (χ0n) is 7.68. The van der Waals surface area contributed by atoms with Gasteiger partial charge in [0.1, 0.15) is 0 Å². The molecule has 0 spiro atoms. The van der Waals surface area contributed by atoms with Crippen LogP contribution in [-0.4, -0.2) is 29.1 Å². The minimum atomic E-state index is -0.725. The standard InChI is InChI=1S/C10H12N2O2/c13-10(14)9-6-12-5-8(9)7-1-3-11-4-2-7/h1-4,8-9,12H,5-6H2,(H,13,14)/t8-,9-/m0/s1. The molecule has 14 heavy (non-hydrogen) atoms. The molecule has 0 aromatic carbocycles. The second kappa shape index (κ2) is 3.75. The molecule has 0 bridgehead atoms. The fourth-order valence-corrected chi connectivity index (χ4v) is 1.90. The molecule has 1 saturated heterocycles. The van der Waals surface area contributed by atoms with Crippen LogP contribution >= 0.6 is 0 Å². The van der Waals surface area contributed by atoms with E-state index < -0.39 is 5.97 Å². The minimum Gasteiger partial charge on any atom is -0.481 e. The van der Waals surface area contributed by atoms with Gasteiger partial charge in [-0.05, 0) is 17.7 Å². The van der Waals surface area contributed by atoms with Crippen LogP contribution in [0, 0.1) is 5.92 Å². The summed E-state index contributed by atoms with van der Waals surface area (Å²) in [5.74, 6) is -0.954. The highest BCUT2D eigenvalue weighted by Gasteiger charge is 2.33. The highest BCUT2D eigenvalue weighted by molar-refractivity contribution is 5.72. The van der Waals surface area contributed by atoms with Gasteiger partial charge in [-0.1, -0.05) is 0 Å². The van der Waals surface area contributed by atoms with E-state index in [2.05, 4.69) is 10.3 Å². The summed E-state index contributed by atoms with van der Waals surface area (Å²) in [7, 11) is 0. The Kier molecular flexibility index (Phi) is 2.45. The van der Waals surface area contributed by atoms with Crippen LogP contribution in [0.5, 0.6) is 0 Å². The number of hydrogen-bond acceptors (Lipinski definition) is 3. The molecule has 1 aliphatic rings. The summed E-state index contributed by atoms with van der Waals surface area (Å²) in [5.41, 5.74) is 1.05. The van der Waals surface area contributed by atoms with Crippen molar-refractivity contribution in [3.63, 3.8) is 0 Å². The summed E-state index contributed by atoms with van der Waals surface area (Å²) in [6.07, 6.45) is 3.40. The van der Waals surface area contributed by atoms with Crippen LogP contribution in [0.4, 0.5) is 0 Å². The molecular formula is C10H12N2O2. The largest absolute Gasteiger partial charge is 0.481 e. The molecule has 4 nitrogen and oxygen atoms in total. The lowest BCUT2D eigenvalue weighted by Crippen LogP contribution is -2.20. The Morgan fingerprint density at radius 3 is 2.79 bits per heavy atom. The number of nitrogens with one attached hydrogen (secondary N) is 1. The summed E-state index contributed by atoms with van der Waals surface area (Å²) in [4.78, 5) is 14.8. The van der Waals surface area contributed by atoms with Crippen molar-refractivity contribution in [2.75, 3.05) is 13.1 Å². The van der Waals surface area contributed by atoms with Gasteiger partial charge in [-0.2, -0.15) is 0 Å². The Labute approximate surface area is 82.0 Å². The highest BCUT2D eigenvalue weighted by Crippen LogP contribution is 2.27. The van der Waals surface area contributed by atoms with E-state index in [1.54, 1.807) is 12.4 Å². The van der Waals surface area contributed by atoms with Crippen molar-refractivity contribution in [1.29, 1.82) is 0 Å². The SMILES string of the molecule is O=C(O)[C@H]1CNC[C@H]1c1ccncc1. The molecule has 4 heteroatoms. The Balaban J connectivity index is 2.22. The van der Waals surface area contributed by atoms with Crippen LogP contribution in [0.15, 0.2) is 24.5 Å². The lowest BCUT2D eigenvalue weighted by Gasteiger charge is -2.14. The van der Waals surface area contributed by atoms with E-state index in [1.165, 1.54) is 0 Å². The van der Waals surface area contributed by atoms with E-state index in [-0.39, 0.29) is 11.8 Å². The number of carboxylic acid groups (broad SMARTS) is 1. The number of aromatic nitrogens is 1. The summed E-state index contributed by atoms with van der Waals surface area (Å²) in [6, 6.07) is 3.77. The van der Waals surface area contributed by atoms with Crippen molar-refractivity contribution in [3.8, 4) is 0 Å². The summed E-state index contributed by atoms with van der Waals surface area (Å²) >= 11 is 0. The van der Waals surface area contributed by atoms with E-state index >= 15 is 0 Å². The maximum Gasteiger partial charge on any atom is 0.308 e. The van der Waals surface area contributed by atoms with Crippen molar-refractivity contribution in [2.45, 2.75) is 5.92 Å². The van der Waals surface area contributed by atoms with Crippen LogP contribution in [0.1, 0.15) is 11.5 Å². The molecule has 1 aliphatic heterocycles. The van der Waals surface area contributed by atoms with E-state index in [0.717, 1.165) is 12.1 Å². The van der Waals surface area contributed by atoms with Crippen LogP contribution in [-0.2, 0) is 4.79 Å². The van der Waals surface area contributed by atoms with Gasteiger partial charge in [0.25, 0.3) is 0 Å². The monoisotopic (exact) mass is 192 g/mol. The summed E-state index contributed by atoms with van der Waals surface area (Å²) < 4.78 is 0. The van der Waals surface area contributed by atoms with Gasteiger partial charge in [0.05, 0.1) is 5.92 Å². The second-order valence-electron chi connectivity index (χ2n) is 3.49. The molecule has 1 aromatic heterocycles. The normalized spacial score (nSPS) is 26.3. The lowest BCUT2D eigenvalue weighted by molar-refractivity contribution is -0.141. The van der Waals surface area contributed by atoms with Crippen molar-refractivity contribution < 1.29 is 9.90 Å². The number of aliphatic carboxylic acids is 1. The molecule has 1 fully saturated rings. The Hall–Kier alpha value is -1.42. The zero-order valence-corrected chi connectivity index (χ0v) is 7.68. The molecule has 0 amide bonds. The average molecular weight is 192 g/mol. The van der Waals surface area contributed by atoms with E-state index in [9.17, 15) is 4.79 Å². The van der Waals surface area contributed by atoms with Crippen molar-refractivity contribution >= 4 is 5.97 Å². The smallest absolute Gasteiger partial charge is 0.308 e. The van der Waals surface area contributed by atoms with Crippen molar-refractivity contribution in [3.05, 3.63) is 30.1 Å². The quantitative estimate of drug-likeness (QED) is 0.715. The first-order chi connectivity index (χ1) is 6.79. The van der Waals surface area contributed by atoms with Crippen LogP contribution < -0.4 is 5.32 Å². The Bertz CT molecular complexity index is 326. The average Bonchev–Trinajstić information content (AvgIpc) is 2.67. The van der Waals surface area contributed by atoms with Gasteiger partial charge in [0, 0.05) is 31.4 Å². The first-order valence-electron chi connectivity index (χ1n) is 4.62. The molecule has 0 radical (unpaired) electrons. The number of rotatable bonds is 2. The third-order valence-corrected chi connectivity index (χ3v) is 2.67. The summed E-state index contributed by atoms with van der Waals surface area (Å²) in [5, 5.41) is 12.1. The zero-order chi connectivity index (χ0) is 9.97. The molecule has 2 atom stereocenters. The molecule has 2 N–H and O–H groups in total. The molecule has 0 aliphatic carbocycles. The fraction of sp³-hybridized carbons (Fsp3) is 0.400. The van der Waals surface area contributed by atoms with Crippen LogP contribution in [0.3, 0.4) is 0 Å². The van der Waals surface area contributed by atoms with Gasteiger partial charge in [-0.25, -0.2) is 0 Å². The van der Waals surface area contributed by atoms with Crippen molar-refractivity contribution in [1.82, 2.24) is 10.3 Å². The first-order valence-corrected chi connectivity index (χ1v) is 4.62. The Morgan fingerprint density at radius 2 is 2.14 bits per heavy atom. The van der Waals surface area contributed by atoms with E-state index in [1.807, 2.05) is 12.1 Å². The molecular weight excluding hydrogens is 180 g/mol. The summed E-state index contributed by atoms with van der Waals surface area (Å²) in [6.45, 7) is 1.29. The third-order valence-electron chi connectivity index (χ3n) is 2.67. The molecule has 2 heterocycles. The van der Waals surface area contributed by atoms with Crippen molar-refractivity contribution in [2.24, 2.45) is 5.92 Å². The topological polar surface area (TPSA) is 62.2 Å². The predicted molar refractivity (Wildman–Crippen MR) is 51.0 cm³/mol. The maximum atomic E-state index is 10.9. The third kappa shape index (κ3) is 1.61. The van der Waals surface area contributed by atoms with Crippen LogP contribution in [0.2, 0.25) is 0 Å². The molecule has 0 saturated carbocycles. The number of hydrogen-bond donors (Lipinski definition) is 2. The number of carbonyl (C=O) groups is 1. The number of pyridine rings is 1. The number of carboxylic acids is 1. The van der Waals surface area contributed by atoms with Gasteiger partial charge in [0.2, 0.25) is 0 Å². The maximum absolute atomic E-state index is 10.9. The van der Waals surface area contributed by atoms with Gasteiger partial charge >= 0.3 is 5.97 Å². The second-order valence-corrected chi connectivity index (χ2v) is 3.49. The van der Waals surface area contributed by atoms with Gasteiger partial charge in [-0.3, -0.25) is 9.78 Å². The minimum absolute atomic E-state index is 0.0792. The molecule has 1 aromatic rings. The molecule has 74 valence electrons. The fourth-order valence-electron chi connectivity index (χ4n) is 1.90. The van der Waals surface area contributed by atoms with Gasteiger partial charge < -0.3 is 10.4 Å². The van der Waals surface area contributed by atoms with E-state index in [4.69, 9.17) is 5.11 Å². The highest BCUT2D eigenvalue weighted by atomic mass is 16.4. The van der Waals surface area contributed by atoms with Crippen LogP contribution in [0.25, 0.3) is 0 Å². The molecule has 2 rings (SSSR count). The lowest BCUT2D eigenvalue weighted by atomic mass is 9.90. The number of nitrogens with zero attached hydrogens (tertiary/aromatic N) is 1. The van der Waals surface area contributed by atoms with Gasteiger partial charge in [0.15, 0.2) is 0 Å². The Morgan fingerprint density at radius 1 is 1.43 bits per heavy atom.